The van der Waals surface area contributed by atoms with Crippen LogP contribution in [0.1, 0.15) is 22.8 Å². The number of rotatable bonds is 4. The number of nitrogens with zero attached hydrogens (tertiary/aromatic N) is 2. The Bertz CT molecular complexity index is 1310. The maximum Gasteiger partial charge on any atom is 0.164 e. The lowest BCUT2D eigenvalue weighted by atomic mass is 10.1. The van der Waals surface area contributed by atoms with Crippen molar-refractivity contribution in [2.24, 2.45) is 4.99 Å². The Morgan fingerprint density at radius 3 is 2.68 bits per heavy atom. The average molecular weight is 451 g/mol. The molecule has 0 saturated carbocycles. The van der Waals surface area contributed by atoms with Gasteiger partial charge in [-0.2, -0.15) is 0 Å². The van der Waals surface area contributed by atoms with Crippen molar-refractivity contribution in [2.75, 3.05) is 16.4 Å². The van der Waals surface area contributed by atoms with Crippen molar-refractivity contribution in [3.63, 3.8) is 0 Å². The van der Waals surface area contributed by atoms with Gasteiger partial charge in [0.1, 0.15) is 0 Å². The Balaban J connectivity index is 1.48. The number of aliphatic imine (C=N–C) groups is 1. The van der Waals surface area contributed by atoms with E-state index in [-0.39, 0.29) is 29.4 Å². The maximum atomic E-state index is 12.3. The maximum absolute atomic E-state index is 12.3. The topological polar surface area (TPSA) is 66.8 Å². The minimum Gasteiger partial charge on any atom is -0.315 e. The van der Waals surface area contributed by atoms with Gasteiger partial charge in [-0.15, -0.1) is 0 Å². The summed E-state index contributed by atoms with van der Waals surface area (Å²) in [7, 11) is -3.12. The number of benzene rings is 3. The van der Waals surface area contributed by atoms with E-state index in [0.717, 1.165) is 16.6 Å². The molecule has 2 aliphatic rings. The largest absolute Gasteiger partial charge is 0.315 e. The zero-order valence-corrected chi connectivity index (χ0v) is 18.7. The summed E-state index contributed by atoms with van der Waals surface area (Å²) >= 11 is 1.62. The predicted molar refractivity (Wildman–Crippen MR) is 128 cm³/mol. The van der Waals surface area contributed by atoms with Crippen molar-refractivity contribution in [1.82, 2.24) is 0 Å². The van der Waals surface area contributed by atoms with Crippen LogP contribution >= 0.6 is 11.8 Å². The molecule has 0 aromatic heterocycles. The van der Waals surface area contributed by atoms with Crippen molar-refractivity contribution >= 4 is 49.0 Å². The van der Waals surface area contributed by atoms with E-state index in [9.17, 15) is 13.2 Å². The van der Waals surface area contributed by atoms with E-state index in [1.807, 2.05) is 35.2 Å². The first-order valence-electron chi connectivity index (χ1n) is 10.2. The molecule has 3 aromatic carbocycles. The number of amidine groups is 1. The third-order valence-corrected chi connectivity index (χ3v) is 8.59. The lowest BCUT2D eigenvalue weighted by molar-refractivity contribution is 0.101. The average Bonchev–Trinajstić information content (AvgIpc) is 3.23. The van der Waals surface area contributed by atoms with Gasteiger partial charge in [-0.25, -0.2) is 8.42 Å². The Morgan fingerprint density at radius 2 is 1.84 bits per heavy atom. The number of anilines is 1. The van der Waals surface area contributed by atoms with Crippen LogP contribution < -0.4 is 4.90 Å². The monoisotopic (exact) mass is 450 g/mol. The summed E-state index contributed by atoms with van der Waals surface area (Å²) in [5.74, 6) is 0.886. The summed E-state index contributed by atoms with van der Waals surface area (Å²) in [6.07, 6.45) is 0. The number of hydrogen-bond acceptors (Lipinski definition) is 6. The molecule has 5 nitrogen and oxygen atoms in total. The first-order valence-corrected chi connectivity index (χ1v) is 13.0. The zero-order valence-electron chi connectivity index (χ0n) is 17.1. The molecule has 3 aromatic rings. The number of carbonyl (C=O) groups is 1. The van der Waals surface area contributed by atoms with Crippen LogP contribution in [0.4, 0.5) is 5.69 Å². The summed E-state index contributed by atoms with van der Waals surface area (Å²) in [5.41, 5.74) is 2.65. The van der Waals surface area contributed by atoms with Gasteiger partial charge >= 0.3 is 0 Å². The highest BCUT2D eigenvalue weighted by Gasteiger charge is 2.47. The number of Topliss-reactive ketones (excluding diaryl/α,β-unsaturated/α-hetero) is 1. The van der Waals surface area contributed by atoms with Crippen molar-refractivity contribution < 1.29 is 13.2 Å². The molecular formula is C24H22N2O3S2. The van der Waals surface area contributed by atoms with E-state index >= 15 is 0 Å². The third-order valence-electron chi connectivity index (χ3n) is 5.88. The second-order valence-electron chi connectivity index (χ2n) is 8.03. The van der Waals surface area contributed by atoms with Crippen molar-refractivity contribution in [3.8, 4) is 0 Å². The molecule has 1 saturated heterocycles. The molecule has 2 unspecified atom stereocenters. The van der Waals surface area contributed by atoms with Crippen LogP contribution in [0.25, 0.3) is 10.8 Å². The fourth-order valence-corrected chi connectivity index (χ4v) is 7.34. The summed E-state index contributed by atoms with van der Waals surface area (Å²) in [5, 5.41) is 3.23. The zero-order chi connectivity index (χ0) is 21.6. The number of thioether (sulfide) groups is 1. The van der Waals surface area contributed by atoms with Gasteiger partial charge in [0.2, 0.25) is 0 Å². The molecular weight excluding hydrogens is 428 g/mol. The SMILES string of the molecule is CC(=O)c1cccc(N2C(SCc3cccc4ccccc34)=NC3CS(=O)(=O)CC32)c1. The third kappa shape index (κ3) is 3.88. The van der Waals surface area contributed by atoms with Crippen LogP contribution in [0.5, 0.6) is 0 Å². The molecule has 2 aliphatic heterocycles. The van der Waals surface area contributed by atoms with Crippen molar-refractivity contribution in [2.45, 2.75) is 24.8 Å². The first kappa shape index (κ1) is 20.3. The number of ketones is 1. The Morgan fingerprint density at radius 1 is 1.06 bits per heavy atom. The van der Waals surface area contributed by atoms with Gasteiger partial charge in [0.05, 0.1) is 23.6 Å². The van der Waals surface area contributed by atoms with Crippen LogP contribution in [-0.4, -0.2) is 43.0 Å². The molecule has 5 rings (SSSR count). The van der Waals surface area contributed by atoms with Crippen LogP contribution in [0.2, 0.25) is 0 Å². The number of fused-ring (bicyclic) bond motifs is 2. The van der Waals surface area contributed by atoms with Gasteiger partial charge in [-0.3, -0.25) is 9.79 Å². The standard InChI is InChI=1S/C24H22N2O3S2/c1-16(27)18-8-5-10-20(12-18)26-23-15-31(28,29)14-22(23)25-24(26)30-13-19-9-4-7-17-6-2-3-11-21(17)19/h2-12,22-23H,13-15H2,1H3. The summed E-state index contributed by atoms with van der Waals surface area (Å²) < 4.78 is 24.5. The summed E-state index contributed by atoms with van der Waals surface area (Å²) in [4.78, 5) is 18.8. The molecule has 0 N–H and O–H groups in total. The molecule has 0 radical (unpaired) electrons. The molecule has 0 bridgehead atoms. The summed E-state index contributed by atoms with van der Waals surface area (Å²) in [6.45, 7) is 1.54. The van der Waals surface area contributed by atoms with Crippen LogP contribution in [0.15, 0.2) is 71.7 Å². The first-order chi connectivity index (χ1) is 14.9. The van der Waals surface area contributed by atoms with Crippen LogP contribution in [-0.2, 0) is 15.6 Å². The molecule has 0 aliphatic carbocycles. The number of hydrogen-bond donors (Lipinski definition) is 0. The highest BCUT2D eigenvalue weighted by Crippen LogP contribution is 2.36. The van der Waals surface area contributed by atoms with Gasteiger partial charge in [0.25, 0.3) is 0 Å². The van der Waals surface area contributed by atoms with Gasteiger partial charge in [0, 0.05) is 17.0 Å². The van der Waals surface area contributed by atoms with Gasteiger partial charge in [-0.05, 0) is 35.4 Å². The Labute approximate surface area is 186 Å². The van der Waals surface area contributed by atoms with E-state index < -0.39 is 9.84 Å². The second kappa shape index (κ2) is 7.80. The van der Waals surface area contributed by atoms with Gasteiger partial charge < -0.3 is 4.90 Å². The molecule has 7 heteroatoms. The number of sulfone groups is 1. The fourth-order valence-electron chi connectivity index (χ4n) is 4.37. The Kier molecular flexibility index (Phi) is 5.10. The molecule has 158 valence electrons. The predicted octanol–water partition coefficient (Wildman–Crippen LogP) is 4.32. The van der Waals surface area contributed by atoms with Crippen LogP contribution in [0.3, 0.4) is 0 Å². The highest BCUT2D eigenvalue weighted by molar-refractivity contribution is 8.13. The molecule has 2 heterocycles. The fraction of sp³-hybridized carbons (Fsp3) is 0.250. The van der Waals surface area contributed by atoms with E-state index in [0.29, 0.717) is 5.56 Å². The van der Waals surface area contributed by atoms with E-state index in [2.05, 4.69) is 30.3 Å². The van der Waals surface area contributed by atoms with Gasteiger partial charge in [0.15, 0.2) is 20.8 Å². The smallest absolute Gasteiger partial charge is 0.164 e. The van der Waals surface area contributed by atoms with E-state index in [4.69, 9.17) is 4.99 Å². The van der Waals surface area contributed by atoms with E-state index in [1.54, 1.807) is 17.8 Å². The van der Waals surface area contributed by atoms with Crippen molar-refractivity contribution in [1.29, 1.82) is 0 Å². The van der Waals surface area contributed by atoms with E-state index in [1.165, 1.54) is 23.3 Å². The minimum atomic E-state index is -3.12. The lowest BCUT2D eigenvalue weighted by Gasteiger charge is -2.27. The van der Waals surface area contributed by atoms with Crippen molar-refractivity contribution in [3.05, 3.63) is 77.9 Å². The normalized spacial score (nSPS) is 21.8. The summed E-state index contributed by atoms with van der Waals surface area (Å²) in [6, 6.07) is 21.5. The second-order valence-corrected chi connectivity index (χ2v) is 11.1. The molecule has 1 fully saturated rings. The molecule has 0 amide bonds. The highest BCUT2D eigenvalue weighted by atomic mass is 32.2. The number of carbonyl (C=O) groups excluding carboxylic acids is 1. The quantitative estimate of drug-likeness (QED) is 0.554. The van der Waals surface area contributed by atoms with Crippen LogP contribution in [0, 0.1) is 0 Å². The lowest BCUT2D eigenvalue weighted by Crippen LogP contribution is -2.39. The van der Waals surface area contributed by atoms with Gasteiger partial charge in [-0.1, -0.05) is 66.4 Å². The molecule has 0 spiro atoms. The molecule has 2 atom stereocenters. The molecule has 31 heavy (non-hydrogen) atoms. The minimum absolute atomic E-state index is 0.0152. The Hall–Kier alpha value is -2.64.